The number of rotatable bonds is 4. The lowest BCUT2D eigenvalue weighted by Crippen LogP contribution is -2.31. The van der Waals surface area contributed by atoms with Gasteiger partial charge in [-0.05, 0) is 36.8 Å². The number of nitrogens with zero attached hydrogens (tertiary/aromatic N) is 3. The minimum absolute atomic E-state index is 0.0215. The molecule has 0 saturated heterocycles. The van der Waals surface area contributed by atoms with Crippen LogP contribution in [0.25, 0.3) is 10.9 Å². The summed E-state index contributed by atoms with van der Waals surface area (Å²) >= 11 is 0. The molecule has 4 aromatic rings. The molecule has 0 N–H and O–H groups in total. The lowest BCUT2D eigenvalue weighted by atomic mass is 10.1. The van der Waals surface area contributed by atoms with Gasteiger partial charge in [-0.2, -0.15) is 0 Å². The molecule has 2 aromatic carbocycles. The predicted octanol–water partition coefficient (Wildman–Crippen LogP) is 4.73. The first kappa shape index (κ1) is 17.0. The summed E-state index contributed by atoms with van der Waals surface area (Å²) in [5.74, 6) is -0.0215. The summed E-state index contributed by atoms with van der Waals surface area (Å²) in [7, 11) is 1.97. The maximum Gasteiger partial charge on any atom is 0.260 e. The zero-order valence-corrected chi connectivity index (χ0v) is 15.5. The second-order valence-electron chi connectivity index (χ2n) is 6.67. The summed E-state index contributed by atoms with van der Waals surface area (Å²) in [6, 6.07) is 21.7. The molecule has 4 rings (SSSR count). The van der Waals surface area contributed by atoms with Gasteiger partial charge in [-0.25, -0.2) is 0 Å². The highest BCUT2D eigenvalue weighted by Gasteiger charge is 2.23. The van der Waals surface area contributed by atoms with E-state index in [1.165, 1.54) is 0 Å². The Balaban J connectivity index is 1.82. The van der Waals surface area contributed by atoms with Gasteiger partial charge in [-0.3, -0.25) is 9.78 Å². The highest BCUT2D eigenvalue weighted by Crippen LogP contribution is 2.27. The summed E-state index contributed by atoms with van der Waals surface area (Å²) in [4.78, 5) is 19.9. The molecule has 27 heavy (non-hydrogen) atoms. The standard InChI is InChI=1S/C23H21N3O/c1-17-9-3-5-12-21(17)26(15-18-10-7-8-14-24-18)23(27)20-16-25(2)22-13-6-4-11-19(20)22/h3-14,16H,15H2,1-2H3. The van der Waals surface area contributed by atoms with Gasteiger partial charge in [0.15, 0.2) is 0 Å². The lowest BCUT2D eigenvalue weighted by Gasteiger charge is -2.24. The average molecular weight is 355 g/mol. The Morgan fingerprint density at radius 2 is 1.74 bits per heavy atom. The topological polar surface area (TPSA) is 38.1 Å². The van der Waals surface area contributed by atoms with Crippen molar-refractivity contribution in [2.75, 3.05) is 4.90 Å². The number of aromatic nitrogens is 2. The first-order valence-corrected chi connectivity index (χ1v) is 8.96. The van der Waals surface area contributed by atoms with Gasteiger partial charge in [0, 0.05) is 36.0 Å². The van der Waals surface area contributed by atoms with Crippen molar-refractivity contribution in [3.63, 3.8) is 0 Å². The molecule has 0 unspecified atom stereocenters. The molecular formula is C23H21N3O. The van der Waals surface area contributed by atoms with Crippen molar-refractivity contribution in [3.05, 3.63) is 95.9 Å². The largest absolute Gasteiger partial charge is 0.350 e. The van der Waals surface area contributed by atoms with Crippen LogP contribution in [0, 0.1) is 6.92 Å². The Labute approximate surface area is 158 Å². The third-order valence-electron chi connectivity index (χ3n) is 4.83. The van der Waals surface area contributed by atoms with E-state index in [9.17, 15) is 4.79 Å². The highest BCUT2D eigenvalue weighted by atomic mass is 16.2. The van der Waals surface area contributed by atoms with E-state index in [0.717, 1.165) is 27.8 Å². The van der Waals surface area contributed by atoms with Crippen molar-refractivity contribution in [2.45, 2.75) is 13.5 Å². The molecule has 4 heteroatoms. The molecule has 2 aromatic heterocycles. The van der Waals surface area contributed by atoms with E-state index in [-0.39, 0.29) is 5.91 Å². The zero-order chi connectivity index (χ0) is 18.8. The minimum Gasteiger partial charge on any atom is -0.350 e. The fraction of sp³-hybridized carbons (Fsp3) is 0.130. The van der Waals surface area contributed by atoms with Crippen LogP contribution in [0.3, 0.4) is 0 Å². The molecule has 0 fully saturated rings. The number of hydrogen-bond donors (Lipinski definition) is 0. The van der Waals surface area contributed by atoms with Gasteiger partial charge in [0.1, 0.15) is 0 Å². The number of carbonyl (C=O) groups is 1. The monoisotopic (exact) mass is 355 g/mol. The number of benzene rings is 2. The van der Waals surface area contributed by atoms with E-state index in [1.807, 2.05) is 96.4 Å². The number of fused-ring (bicyclic) bond motifs is 1. The molecule has 4 nitrogen and oxygen atoms in total. The van der Waals surface area contributed by atoms with Crippen LogP contribution in [0.5, 0.6) is 0 Å². The number of pyridine rings is 1. The predicted molar refractivity (Wildman–Crippen MR) is 109 cm³/mol. The molecule has 0 radical (unpaired) electrons. The molecule has 0 bridgehead atoms. The summed E-state index contributed by atoms with van der Waals surface area (Å²) in [5, 5.41) is 0.963. The molecule has 0 atom stereocenters. The third kappa shape index (κ3) is 3.22. The van der Waals surface area contributed by atoms with Gasteiger partial charge in [0.2, 0.25) is 0 Å². The van der Waals surface area contributed by atoms with Crippen LogP contribution in [0.15, 0.2) is 79.1 Å². The van der Waals surface area contributed by atoms with Crippen molar-refractivity contribution >= 4 is 22.5 Å². The Morgan fingerprint density at radius 1 is 1.00 bits per heavy atom. The van der Waals surface area contributed by atoms with Crippen LogP contribution >= 0.6 is 0 Å². The van der Waals surface area contributed by atoms with Gasteiger partial charge < -0.3 is 9.47 Å². The molecular weight excluding hydrogens is 334 g/mol. The Bertz CT molecular complexity index is 1100. The summed E-state index contributed by atoms with van der Waals surface area (Å²) < 4.78 is 2.00. The second kappa shape index (κ2) is 7.08. The van der Waals surface area contributed by atoms with Crippen LogP contribution in [0.4, 0.5) is 5.69 Å². The molecule has 134 valence electrons. The number of para-hydroxylation sites is 2. The third-order valence-corrected chi connectivity index (χ3v) is 4.83. The van der Waals surface area contributed by atoms with E-state index >= 15 is 0 Å². The van der Waals surface area contributed by atoms with Crippen molar-refractivity contribution in [1.82, 2.24) is 9.55 Å². The molecule has 0 saturated carbocycles. The Morgan fingerprint density at radius 3 is 2.52 bits per heavy atom. The minimum atomic E-state index is -0.0215. The average Bonchev–Trinajstić information content (AvgIpc) is 3.04. The molecule has 0 aliphatic rings. The van der Waals surface area contributed by atoms with Crippen LogP contribution in [-0.2, 0) is 13.6 Å². The summed E-state index contributed by atoms with van der Waals surface area (Å²) in [6.45, 7) is 2.45. The first-order valence-electron chi connectivity index (χ1n) is 8.96. The van der Waals surface area contributed by atoms with E-state index in [1.54, 1.807) is 6.20 Å². The van der Waals surface area contributed by atoms with Crippen molar-refractivity contribution in [3.8, 4) is 0 Å². The van der Waals surface area contributed by atoms with Gasteiger partial charge in [0.05, 0.1) is 17.8 Å². The molecule has 0 aliphatic heterocycles. The van der Waals surface area contributed by atoms with Crippen molar-refractivity contribution < 1.29 is 4.79 Å². The van der Waals surface area contributed by atoms with E-state index < -0.39 is 0 Å². The number of amides is 1. The van der Waals surface area contributed by atoms with E-state index in [2.05, 4.69) is 4.98 Å². The van der Waals surface area contributed by atoms with Gasteiger partial charge in [0.25, 0.3) is 5.91 Å². The molecule has 1 amide bonds. The number of hydrogen-bond acceptors (Lipinski definition) is 2. The molecule has 2 heterocycles. The maximum absolute atomic E-state index is 13.6. The highest BCUT2D eigenvalue weighted by molar-refractivity contribution is 6.14. The van der Waals surface area contributed by atoms with E-state index in [0.29, 0.717) is 12.1 Å². The normalized spacial score (nSPS) is 10.9. The summed E-state index contributed by atoms with van der Waals surface area (Å²) in [6.07, 6.45) is 3.67. The maximum atomic E-state index is 13.6. The first-order chi connectivity index (χ1) is 13.1. The molecule has 0 spiro atoms. The number of aryl methyl sites for hydroxylation is 2. The van der Waals surface area contributed by atoms with Crippen LogP contribution in [-0.4, -0.2) is 15.5 Å². The van der Waals surface area contributed by atoms with Gasteiger partial charge >= 0.3 is 0 Å². The SMILES string of the molecule is Cc1ccccc1N(Cc1ccccn1)C(=O)c1cn(C)c2ccccc12. The lowest BCUT2D eigenvalue weighted by molar-refractivity contribution is 0.0986. The van der Waals surface area contributed by atoms with Gasteiger partial charge in [-0.1, -0.05) is 42.5 Å². The Hall–Kier alpha value is -3.40. The smallest absolute Gasteiger partial charge is 0.260 e. The van der Waals surface area contributed by atoms with Crippen molar-refractivity contribution in [1.29, 1.82) is 0 Å². The number of anilines is 1. The van der Waals surface area contributed by atoms with Crippen LogP contribution in [0.1, 0.15) is 21.6 Å². The quantitative estimate of drug-likeness (QED) is 0.531. The van der Waals surface area contributed by atoms with E-state index in [4.69, 9.17) is 0 Å². The fourth-order valence-corrected chi connectivity index (χ4v) is 3.44. The second-order valence-corrected chi connectivity index (χ2v) is 6.67. The van der Waals surface area contributed by atoms with Crippen LogP contribution < -0.4 is 4.90 Å². The zero-order valence-electron chi connectivity index (χ0n) is 15.5. The number of carbonyl (C=O) groups excluding carboxylic acids is 1. The fourth-order valence-electron chi connectivity index (χ4n) is 3.44. The van der Waals surface area contributed by atoms with Crippen molar-refractivity contribution in [2.24, 2.45) is 7.05 Å². The van der Waals surface area contributed by atoms with Crippen LogP contribution in [0.2, 0.25) is 0 Å². The molecule has 0 aliphatic carbocycles. The van der Waals surface area contributed by atoms with Gasteiger partial charge in [-0.15, -0.1) is 0 Å². The Kier molecular flexibility index (Phi) is 4.47. The summed E-state index contributed by atoms with van der Waals surface area (Å²) in [5.41, 5.74) is 4.56.